The lowest BCUT2D eigenvalue weighted by Crippen LogP contribution is -2.44. The van der Waals surface area contributed by atoms with Gasteiger partial charge in [-0.05, 0) is 38.9 Å². The second kappa shape index (κ2) is 10.7. The van der Waals surface area contributed by atoms with Crippen LogP contribution in [0.5, 0.6) is 0 Å². The van der Waals surface area contributed by atoms with Crippen molar-refractivity contribution in [3.05, 3.63) is 28.8 Å². The topological polar surface area (TPSA) is 43.3 Å². The summed E-state index contributed by atoms with van der Waals surface area (Å²) in [7, 11) is 2.18. The summed E-state index contributed by atoms with van der Waals surface area (Å²) in [6.45, 7) is 11.7. The summed E-state index contributed by atoms with van der Waals surface area (Å²) in [6, 6.07) is 6.23. The summed E-state index contributed by atoms with van der Waals surface area (Å²) in [5.41, 5.74) is 2.69. The summed E-state index contributed by atoms with van der Waals surface area (Å²) >= 11 is 6.64. The molecule has 1 N–H and O–H groups in total. The number of halogens is 2. The quantitative estimate of drug-likeness (QED) is 0.356. The molecule has 0 aromatic heterocycles. The number of hydrogen-bond donors (Lipinski definition) is 1. The first-order valence-electron chi connectivity index (χ1n) is 10.9. The second-order valence-corrected chi connectivity index (χ2v) is 9.08. The molecule has 4 rings (SSSR count). The molecule has 30 heavy (non-hydrogen) atoms. The number of guanidine groups is 1. The number of benzene rings is 1. The van der Waals surface area contributed by atoms with Crippen molar-refractivity contribution in [2.75, 3.05) is 71.0 Å². The third-order valence-electron chi connectivity index (χ3n) is 6.58. The van der Waals surface area contributed by atoms with Crippen molar-refractivity contribution in [3.8, 4) is 0 Å². The van der Waals surface area contributed by atoms with Gasteiger partial charge in [-0.2, -0.15) is 0 Å². The first-order chi connectivity index (χ1) is 14.1. The molecule has 1 aromatic rings. The van der Waals surface area contributed by atoms with E-state index in [1.807, 2.05) is 6.07 Å². The largest absolute Gasteiger partial charge is 0.381 e. The van der Waals surface area contributed by atoms with Gasteiger partial charge in [0.05, 0.1) is 13.2 Å². The maximum Gasteiger partial charge on any atom is 0.194 e. The van der Waals surface area contributed by atoms with Gasteiger partial charge in [0.25, 0.3) is 0 Å². The van der Waals surface area contributed by atoms with E-state index in [0.29, 0.717) is 12.0 Å². The molecule has 1 unspecified atom stereocenters. The van der Waals surface area contributed by atoms with E-state index >= 15 is 0 Å². The standard InChI is InChI=1S/C22H34ClN5O.HI/c1-3-24-21(28-9-7-22(16-28)8-14-29-17-22)25-15-18-19(23)5-4-6-20(18)27-12-10-26(2)11-13-27;/h4-6H,3,7-17H2,1-2H3,(H,24,25);1H. The Morgan fingerprint density at radius 2 is 2.00 bits per heavy atom. The second-order valence-electron chi connectivity index (χ2n) is 8.67. The van der Waals surface area contributed by atoms with E-state index < -0.39 is 0 Å². The van der Waals surface area contributed by atoms with Gasteiger partial charge in [-0.25, -0.2) is 4.99 Å². The van der Waals surface area contributed by atoms with Crippen LogP contribution in [0.2, 0.25) is 5.02 Å². The summed E-state index contributed by atoms with van der Waals surface area (Å²) in [5, 5.41) is 4.31. The molecule has 168 valence electrons. The predicted octanol–water partition coefficient (Wildman–Crippen LogP) is 3.29. The SMILES string of the molecule is CCNC(=NCc1c(Cl)cccc1N1CCN(C)CC1)N1CCC2(CCOC2)C1.I. The van der Waals surface area contributed by atoms with Gasteiger partial charge in [-0.3, -0.25) is 0 Å². The minimum Gasteiger partial charge on any atom is -0.381 e. The molecule has 6 nitrogen and oxygen atoms in total. The van der Waals surface area contributed by atoms with E-state index in [2.05, 4.69) is 46.1 Å². The van der Waals surface area contributed by atoms with Crippen molar-refractivity contribution in [1.82, 2.24) is 15.1 Å². The lowest BCUT2D eigenvalue weighted by molar-refractivity contribution is 0.156. The van der Waals surface area contributed by atoms with E-state index in [9.17, 15) is 0 Å². The van der Waals surface area contributed by atoms with Gasteiger partial charge < -0.3 is 24.8 Å². The van der Waals surface area contributed by atoms with Crippen molar-refractivity contribution in [1.29, 1.82) is 0 Å². The van der Waals surface area contributed by atoms with Gasteiger partial charge in [0.15, 0.2) is 5.96 Å². The summed E-state index contributed by atoms with van der Waals surface area (Å²) in [6.07, 6.45) is 2.36. The first-order valence-corrected chi connectivity index (χ1v) is 11.3. The maximum absolute atomic E-state index is 6.64. The van der Waals surface area contributed by atoms with Gasteiger partial charge in [-0.15, -0.1) is 24.0 Å². The molecule has 3 fully saturated rings. The fourth-order valence-corrected chi connectivity index (χ4v) is 4.94. The van der Waals surface area contributed by atoms with Gasteiger partial charge >= 0.3 is 0 Å². The number of anilines is 1. The zero-order valence-electron chi connectivity index (χ0n) is 18.2. The molecule has 3 aliphatic rings. The van der Waals surface area contributed by atoms with E-state index in [0.717, 1.165) is 75.6 Å². The van der Waals surface area contributed by atoms with Crippen LogP contribution in [0, 0.1) is 5.41 Å². The highest BCUT2D eigenvalue weighted by Crippen LogP contribution is 2.38. The van der Waals surface area contributed by atoms with Crippen LogP contribution in [0.15, 0.2) is 23.2 Å². The Kier molecular flexibility index (Phi) is 8.52. The molecule has 0 amide bonds. The van der Waals surface area contributed by atoms with Crippen molar-refractivity contribution in [3.63, 3.8) is 0 Å². The van der Waals surface area contributed by atoms with Crippen molar-refractivity contribution < 1.29 is 4.74 Å². The molecular weight excluding hydrogens is 513 g/mol. The minimum absolute atomic E-state index is 0. The molecule has 8 heteroatoms. The van der Waals surface area contributed by atoms with Crippen molar-refractivity contribution in [2.45, 2.75) is 26.3 Å². The Hall–Kier alpha value is -0.770. The van der Waals surface area contributed by atoms with E-state index in [1.165, 1.54) is 18.5 Å². The highest BCUT2D eigenvalue weighted by Gasteiger charge is 2.42. The molecule has 1 atom stereocenters. The van der Waals surface area contributed by atoms with Crippen molar-refractivity contribution >= 4 is 47.2 Å². The van der Waals surface area contributed by atoms with Gasteiger partial charge in [0.2, 0.25) is 0 Å². The third kappa shape index (κ3) is 5.34. The molecule has 0 radical (unpaired) electrons. The Labute approximate surface area is 203 Å². The summed E-state index contributed by atoms with van der Waals surface area (Å²) in [4.78, 5) is 12.2. The van der Waals surface area contributed by atoms with Crippen LogP contribution in [-0.4, -0.2) is 81.8 Å². The molecule has 1 aromatic carbocycles. The number of rotatable bonds is 4. The van der Waals surface area contributed by atoms with Crippen LogP contribution in [0.3, 0.4) is 0 Å². The van der Waals surface area contributed by atoms with Gasteiger partial charge in [0.1, 0.15) is 0 Å². The minimum atomic E-state index is 0. The molecule has 0 saturated carbocycles. The fourth-order valence-electron chi connectivity index (χ4n) is 4.71. The normalized spacial score (nSPS) is 25.1. The molecule has 1 spiro atoms. The zero-order valence-corrected chi connectivity index (χ0v) is 21.3. The Morgan fingerprint density at radius 3 is 2.70 bits per heavy atom. The lowest BCUT2D eigenvalue weighted by Gasteiger charge is -2.35. The number of aliphatic imine (C=N–C) groups is 1. The van der Waals surface area contributed by atoms with Crippen LogP contribution in [0.4, 0.5) is 5.69 Å². The van der Waals surface area contributed by atoms with Gasteiger partial charge in [0, 0.05) is 74.1 Å². The Morgan fingerprint density at radius 1 is 1.20 bits per heavy atom. The predicted molar refractivity (Wildman–Crippen MR) is 135 cm³/mol. The van der Waals surface area contributed by atoms with E-state index in [1.54, 1.807) is 0 Å². The average molecular weight is 548 g/mol. The number of likely N-dealkylation sites (tertiary alicyclic amines) is 1. The van der Waals surface area contributed by atoms with Crippen LogP contribution < -0.4 is 10.2 Å². The number of hydrogen-bond acceptors (Lipinski definition) is 4. The first kappa shape index (κ1) is 23.9. The fraction of sp³-hybridized carbons (Fsp3) is 0.682. The highest BCUT2D eigenvalue weighted by atomic mass is 127. The average Bonchev–Trinajstić information content (AvgIpc) is 3.36. The summed E-state index contributed by atoms with van der Waals surface area (Å²) < 4.78 is 5.69. The van der Waals surface area contributed by atoms with Crippen LogP contribution in [0.1, 0.15) is 25.3 Å². The smallest absolute Gasteiger partial charge is 0.194 e. The number of piperazine rings is 1. The molecule has 0 bridgehead atoms. The van der Waals surface area contributed by atoms with Crippen molar-refractivity contribution in [2.24, 2.45) is 10.4 Å². The molecule has 3 saturated heterocycles. The Balaban J connectivity index is 0.00000256. The van der Waals surface area contributed by atoms with E-state index in [4.69, 9.17) is 21.3 Å². The highest BCUT2D eigenvalue weighted by molar-refractivity contribution is 14.0. The molecule has 3 heterocycles. The number of nitrogens with one attached hydrogen (secondary N) is 1. The van der Waals surface area contributed by atoms with Crippen LogP contribution in [-0.2, 0) is 11.3 Å². The number of ether oxygens (including phenoxy) is 1. The zero-order chi connectivity index (χ0) is 20.3. The summed E-state index contributed by atoms with van der Waals surface area (Å²) in [5.74, 6) is 1.00. The van der Waals surface area contributed by atoms with Gasteiger partial charge in [-0.1, -0.05) is 17.7 Å². The molecule has 0 aliphatic carbocycles. The third-order valence-corrected chi connectivity index (χ3v) is 6.94. The lowest BCUT2D eigenvalue weighted by atomic mass is 9.87. The Bertz CT molecular complexity index is 732. The molecule has 3 aliphatic heterocycles. The molecular formula is C22H35ClIN5O. The number of nitrogens with zero attached hydrogens (tertiary/aromatic N) is 4. The maximum atomic E-state index is 6.64. The monoisotopic (exact) mass is 547 g/mol. The van der Waals surface area contributed by atoms with E-state index in [-0.39, 0.29) is 24.0 Å². The number of likely N-dealkylation sites (N-methyl/N-ethyl adjacent to an activating group) is 1. The van der Waals surface area contributed by atoms with Crippen LogP contribution >= 0.6 is 35.6 Å². The van der Waals surface area contributed by atoms with Crippen LogP contribution in [0.25, 0.3) is 0 Å².